The number of carbonyl (C=O) groups excluding carboxylic acids is 1. The molecule has 0 aliphatic heterocycles. The van der Waals surface area contributed by atoms with Crippen LogP contribution in [0, 0.1) is 16.3 Å². The van der Waals surface area contributed by atoms with E-state index in [1.807, 2.05) is 22.6 Å². The SMILES string of the molecule is COC(=O)c1cc(F)c(C)c(I)c1. The maximum Gasteiger partial charge on any atom is 0.337 e. The molecule has 0 radical (unpaired) electrons. The van der Waals surface area contributed by atoms with E-state index in [0.29, 0.717) is 5.56 Å². The van der Waals surface area contributed by atoms with Crippen LogP contribution in [0.5, 0.6) is 0 Å². The predicted octanol–water partition coefficient (Wildman–Crippen LogP) is 2.53. The van der Waals surface area contributed by atoms with Gasteiger partial charge < -0.3 is 4.74 Å². The topological polar surface area (TPSA) is 26.3 Å². The second-order valence-corrected chi connectivity index (χ2v) is 3.72. The lowest BCUT2D eigenvalue weighted by atomic mass is 10.1. The molecule has 4 heteroatoms. The van der Waals surface area contributed by atoms with Gasteiger partial charge in [0.05, 0.1) is 12.7 Å². The fraction of sp³-hybridized carbons (Fsp3) is 0.222. The standard InChI is InChI=1S/C9H8FIO2/c1-5-7(10)3-6(4-8(5)11)9(12)13-2/h3-4H,1-2H3. The molecule has 0 fully saturated rings. The van der Waals surface area contributed by atoms with Crippen LogP contribution in [0.1, 0.15) is 15.9 Å². The summed E-state index contributed by atoms with van der Waals surface area (Å²) in [5, 5.41) is 0. The van der Waals surface area contributed by atoms with Gasteiger partial charge in [0.1, 0.15) is 5.82 Å². The first-order chi connectivity index (χ1) is 6.06. The molecule has 1 aromatic carbocycles. The predicted molar refractivity (Wildman–Crippen MR) is 55.2 cm³/mol. The lowest BCUT2D eigenvalue weighted by Gasteiger charge is -2.03. The Morgan fingerprint density at radius 2 is 2.15 bits per heavy atom. The van der Waals surface area contributed by atoms with Crippen LogP contribution in [0.4, 0.5) is 4.39 Å². The molecule has 0 aliphatic rings. The van der Waals surface area contributed by atoms with Crippen molar-refractivity contribution in [2.75, 3.05) is 7.11 Å². The largest absolute Gasteiger partial charge is 0.465 e. The summed E-state index contributed by atoms with van der Waals surface area (Å²) >= 11 is 1.98. The van der Waals surface area contributed by atoms with Gasteiger partial charge in [0, 0.05) is 3.57 Å². The molecule has 0 spiro atoms. The van der Waals surface area contributed by atoms with Gasteiger partial charge in [-0.3, -0.25) is 0 Å². The summed E-state index contributed by atoms with van der Waals surface area (Å²) in [5.74, 6) is -0.899. The van der Waals surface area contributed by atoms with Crippen LogP contribution in [0.15, 0.2) is 12.1 Å². The fourth-order valence-electron chi connectivity index (χ4n) is 0.881. The summed E-state index contributed by atoms with van der Waals surface area (Å²) in [6.45, 7) is 1.66. The quantitative estimate of drug-likeness (QED) is 0.587. The Labute approximate surface area is 89.2 Å². The van der Waals surface area contributed by atoms with Crippen LogP contribution < -0.4 is 0 Å². The normalized spacial score (nSPS) is 9.85. The number of halogens is 2. The van der Waals surface area contributed by atoms with E-state index in [4.69, 9.17) is 0 Å². The number of hydrogen-bond acceptors (Lipinski definition) is 2. The second-order valence-electron chi connectivity index (χ2n) is 2.56. The molecule has 0 heterocycles. The minimum atomic E-state index is -0.517. The van der Waals surface area contributed by atoms with Crippen LogP contribution in [0.25, 0.3) is 0 Å². The number of benzene rings is 1. The van der Waals surface area contributed by atoms with E-state index in [0.717, 1.165) is 3.57 Å². The number of hydrogen-bond donors (Lipinski definition) is 0. The van der Waals surface area contributed by atoms with Gasteiger partial charge in [-0.05, 0) is 47.2 Å². The van der Waals surface area contributed by atoms with Crippen molar-refractivity contribution in [1.29, 1.82) is 0 Å². The molecule has 0 aromatic heterocycles. The molecular weight excluding hydrogens is 286 g/mol. The highest BCUT2D eigenvalue weighted by Crippen LogP contribution is 2.17. The van der Waals surface area contributed by atoms with E-state index in [2.05, 4.69) is 4.74 Å². The van der Waals surface area contributed by atoms with E-state index in [1.54, 1.807) is 13.0 Å². The van der Waals surface area contributed by atoms with Crippen molar-refractivity contribution in [2.24, 2.45) is 0 Å². The highest BCUT2D eigenvalue weighted by atomic mass is 127. The third-order valence-electron chi connectivity index (χ3n) is 1.70. The number of ether oxygens (including phenoxy) is 1. The van der Waals surface area contributed by atoms with Gasteiger partial charge >= 0.3 is 5.97 Å². The number of methoxy groups -OCH3 is 1. The lowest BCUT2D eigenvalue weighted by Crippen LogP contribution is -2.03. The maximum absolute atomic E-state index is 13.1. The van der Waals surface area contributed by atoms with E-state index in [-0.39, 0.29) is 11.4 Å². The molecule has 1 rings (SSSR count). The zero-order valence-electron chi connectivity index (χ0n) is 7.23. The first kappa shape index (κ1) is 10.4. The molecule has 70 valence electrons. The zero-order chi connectivity index (χ0) is 10.0. The Balaban J connectivity index is 3.20. The molecular formula is C9H8FIO2. The van der Waals surface area contributed by atoms with E-state index in [1.165, 1.54) is 13.2 Å². The first-order valence-corrected chi connectivity index (χ1v) is 4.68. The van der Waals surface area contributed by atoms with Gasteiger partial charge in [-0.25, -0.2) is 9.18 Å². The molecule has 13 heavy (non-hydrogen) atoms. The first-order valence-electron chi connectivity index (χ1n) is 3.60. The summed E-state index contributed by atoms with van der Waals surface area (Å²) in [6.07, 6.45) is 0. The van der Waals surface area contributed by atoms with Crippen molar-refractivity contribution in [3.63, 3.8) is 0 Å². The molecule has 0 unspecified atom stereocenters. The Hall–Kier alpha value is -0.650. The van der Waals surface area contributed by atoms with Gasteiger partial charge in [0.25, 0.3) is 0 Å². The Kier molecular flexibility index (Phi) is 3.24. The van der Waals surface area contributed by atoms with Crippen molar-refractivity contribution < 1.29 is 13.9 Å². The van der Waals surface area contributed by atoms with Crippen LogP contribution in [0.3, 0.4) is 0 Å². The van der Waals surface area contributed by atoms with Crippen molar-refractivity contribution in [2.45, 2.75) is 6.92 Å². The minimum absolute atomic E-state index is 0.245. The van der Waals surface area contributed by atoms with Crippen molar-refractivity contribution in [3.8, 4) is 0 Å². The number of carbonyl (C=O) groups is 1. The minimum Gasteiger partial charge on any atom is -0.465 e. The van der Waals surface area contributed by atoms with Crippen LogP contribution >= 0.6 is 22.6 Å². The van der Waals surface area contributed by atoms with Gasteiger partial charge in [0.15, 0.2) is 0 Å². The van der Waals surface area contributed by atoms with E-state index < -0.39 is 5.97 Å². The second kappa shape index (κ2) is 4.04. The van der Waals surface area contributed by atoms with E-state index in [9.17, 15) is 9.18 Å². The summed E-state index contributed by atoms with van der Waals surface area (Å²) in [4.78, 5) is 11.0. The van der Waals surface area contributed by atoms with Gasteiger partial charge in [-0.2, -0.15) is 0 Å². The van der Waals surface area contributed by atoms with Crippen molar-refractivity contribution in [1.82, 2.24) is 0 Å². The third-order valence-corrected chi connectivity index (χ3v) is 2.82. The Bertz CT molecular complexity index is 326. The van der Waals surface area contributed by atoms with E-state index >= 15 is 0 Å². The van der Waals surface area contributed by atoms with Crippen LogP contribution in [-0.2, 0) is 4.74 Å². The third kappa shape index (κ3) is 2.18. The summed E-state index contributed by atoms with van der Waals surface area (Å²) < 4.78 is 18.3. The molecule has 0 amide bonds. The van der Waals surface area contributed by atoms with Gasteiger partial charge in [-0.1, -0.05) is 0 Å². The highest BCUT2D eigenvalue weighted by Gasteiger charge is 2.10. The van der Waals surface area contributed by atoms with Crippen LogP contribution in [0.2, 0.25) is 0 Å². The lowest BCUT2D eigenvalue weighted by molar-refractivity contribution is 0.0600. The average molecular weight is 294 g/mol. The molecule has 0 N–H and O–H groups in total. The maximum atomic E-state index is 13.1. The summed E-state index contributed by atoms with van der Waals surface area (Å²) in [7, 11) is 1.27. The average Bonchev–Trinajstić information content (AvgIpc) is 2.12. The zero-order valence-corrected chi connectivity index (χ0v) is 9.38. The smallest absolute Gasteiger partial charge is 0.337 e. The highest BCUT2D eigenvalue weighted by molar-refractivity contribution is 14.1. The number of esters is 1. The number of rotatable bonds is 1. The van der Waals surface area contributed by atoms with Crippen molar-refractivity contribution >= 4 is 28.6 Å². The molecule has 0 saturated heterocycles. The molecule has 2 nitrogen and oxygen atoms in total. The van der Waals surface area contributed by atoms with Crippen molar-refractivity contribution in [3.05, 3.63) is 32.6 Å². The fourth-order valence-corrected chi connectivity index (χ4v) is 1.47. The van der Waals surface area contributed by atoms with Gasteiger partial charge in [-0.15, -0.1) is 0 Å². The molecule has 1 aromatic rings. The monoisotopic (exact) mass is 294 g/mol. The molecule has 0 bridgehead atoms. The molecule has 0 saturated carbocycles. The Morgan fingerprint density at radius 1 is 1.54 bits per heavy atom. The van der Waals surface area contributed by atoms with Gasteiger partial charge in [0.2, 0.25) is 0 Å². The van der Waals surface area contributed by atoms with Crippen LogP contribution in [-0.4, -0.2) is 13.1 Å². The Morgan fingerprint density at radius 3 is 2.62 bits per heavy atom. The summed E-state index contributed by atoms with van der Waals surface area (Å²) in [5.41, 5.74) is 0.795. The molecule has 0 atom stereocenters. The summed E-state index contributed by atoms with van der Waals surface area (Å²) in [6, 6.07) is 2.79. The molecule has 0 aliphatic carbocycles.